The molecular formula is C13H12BrNO2S2. The van der Waals surface area contributed by atoms with Crippen LogP contribution >= 0.6 is 38.6 Å². The fourth-order valence-electron chi connectivity index (χ4n) is 2.23. The van der Waals surface area contributed by atoms with Gasteiger partial charge in [-0.1, -0.05) is 0 Å². The van der Waals surface area contributed by atoms with Crippen LogP contribution in [0.2, 0.25) is 0 Å². The summed E-state index contributed by atoms with van der Waals surface area (Å²) in [6, 6.07) is 2.07. The Morgan fingerprint density at radius 3 is 3.16 bits per heavy atom. The van der Waals surface area contributed by atoms with Gasteiger partial charge in [-0.3, -0.25) is 4.79 Å². The number of carbonyl (C=O) groups is 1. The van der Waals surface area contributed by atoms with Gasteiger partial charge in [0.05, 0.1) is 17.2 Å². The average molecular weight is 358 g/mol. The van der Waals surface area contributed by atoms with Gasteiger partial charge in [-0.25, -0.2) is 4.98 Å². The summed E-state index contributed by atoms with van der Waals surface area (Å²) >= 11 is 6.82. The molecule has 0 radical (unpaired) electrons. The molecule has 0 N–H and O–H groups in total. The second-order valence-electron chi connectivity index (χ2n) is 4.30. The summed E-state index contributed by atoms with van der Waals surface area (Å²) in [5, 5.41) is 3.06. The zero-order valence-corrected chi connectivity index (χ0v) is 13.5. The Morgan fingerprint density at radius 1 is 1.63 bits per heavy atom. The van der Waals surface area contributed by atoms with Crippen molar-refractivity contribution in [2.24, 2.45) is 0 Å². The zero-order valence-electron chi connectivity index (χ0n) is 10.3. The van der Waals surface area contributed by atoms with Crippen molar-refractivity contribution in [2.45, 2.75) is 25.7 Å². The summed E-state index contributed by atoms with van der Waals surface area (Å²) in [4.78, 5) is 18.9. The van der Waals surface area contributed by atoms with Crippen LogP contribution in [0.3, 0.4) is 0 Å². The van der Waals surface area contributed by atoms with Crippen LogP contribution in [0.25, 0.3) is 9.88 Å². The largest absolute Gasteiger partial charge is 0.465 e. The van der Waals surface area contributed by atoms with Crippen molar-refractivity contribution in [3.63, 3.8) is 0 Å². The van der Waals surface area contributed by atoms with Gasteiger partial charge >= 0.3 is 5.97 Å². The Hall–Kier alpha value is -0.720. The molecule has 6 heteroatoms. The smallest absolute Gasteiger partial charge is 0.315 e. The normalized spacial score (nSPS) is 17.5. The van der Waals surface area contributed by atoms with Crippen molar-refractivity contribution in [2.75, 3.05) is 6.61 Å². The highest BCUT2D eigenvalue weighted by atomic mass is 79.9. The minimum Gasteiger partial charge on any atom is -0.465 e. The van der Waals surface area contributed by atoms with E-state index in [0.29, 0.717) is 6.61 Å². The highest BCUT2D eigenvalue weighted by Gasteiger charge is 2.33. The van der Waals surface area contributed by atoms with E-state index in [1.165, 1.54) is 4.88 Å². The molecule has 1 atom stereocenters. The number of ether oxygens (including phenoxy) is 1. The lowest BCUT2D eigenvalue weighted by Crippen LogP contribution is -2.14. The van der Waals surface area contributed by atoms with E-state index >= 15 is 0 Å². The number of rotatable bonds is 3. The van der Waals surface area contributed by atoms with Crippen molar-refractivity contribution in [1.82, 2.24) is 4.98 Å². The van der Waals surface area contributed by atoms with E-state index in [1.807, 2.05) is 12.3 Å². The lowest BCUT2D eigenvalue weighted by atomic mass is 10.1. The Kier molecular flexibility index (Phi) is 3.73. The molecule has 0 amide bonds. The topological polar surface area (TPSA) is 39.2 Å². The highest BCUT2D eigenvalue weighted by molar-refractivity contribution is 9.10. The molecule has 3 rings (SSSR count). The molecule has 1 aliphatic carbocycles. The molecule has 0 fully saturated rings. The van der Waals surface area contributed by atoms with Crippen LogP contribution in [0.15, 0.2) is 15.9 Å². The van der Waals surface area contributed by atoms with Gasteiger partial charge in [0, 0.05) is 14.7 Å². The molecule has 0 bridgehead atoms. The van der Waals surface area contributed by atoms with Crippen LogP contribution in [0.5, 0.6) is 0 Å². The van der Waals surface area contributed by atoms with Crippen molar-refractivity contribution in [1.29, 1.82) is 0 Å². The number of thiazole rings is 1. The number of hydrogen-bond donors (Lipinski definition) is 0. The van der Waals surface area contributed by atoms with Gasteiger partial charge in [0.1, 0.15) is 10.9 Å². The average Bonchev–Trinajstić information content (AvgIpc) is 3.02. The first-order valence-electron chi connectivity index (χ1n) is 6.09. The second-order valence-corrected chi connectivity index (χ2v) is 7.21. The van der Waals surface area contributed by atoms with Gasteiger partial charge in [0.25, 0.3) is 0 Å². The predicted molar refractivity (Wildman–Crippen MR) is 80.8 cm³/mol. The molecule has 2 aromatic heterocycles. The monoisotopic (exact) mass is 357 g/mol. The molecule has 2 heterocycles. The minimum atomic E-state index is -0.164. The lowest BCUT2D eigenvalue weighted by molar-refractivity contribution is -0.145. The van der Waals surface area contributed by atoms with Gasteiger partial charge in [-0.15, -0.1) is 22.7 Å². The fraction of sp³-hybridized carbons (Fsp3) is 0.385. The maximum Gasteiger partial charge on any atom is 0.315 e. The third kappa shape index (κ3) is 2.49. The van der Waals surface area contributed by atoms with E-state index in [0.717, 1.165) is 32.9 Å². The van der Waals surface area contributed by atoms with E-state index in [1.54, 1.807) is 22.7 Å². The molecule has 100 valence electrons. The fourth-order valence-corrected chi connectivity index (χ4v) is 4.86. The maximum atomic E-state index is 11.9. The number of esters is 1. The summed E-state index contributed by atoms with van der Waals surface area (Å²) in [5.74, 6) is -0.297. The number of aryl methyl sites for hydroxylation is 1. The van der Waals surface area contributed by atoms with Crippen LogP contribution in [0, 0.1) is 0 Å². The SMILES string of the molecule is CCOC(=O)C1CCc2sc(-c3cc(Br)cs3)nc21. The third-order valence-electron chi connectivity index (χ3n) is 3.07. The lowest BCUT2D eigenvalue weighted by Gasteiger charge is -2.07. The second kappa shape index (κ2) is 5.34. The number of hydrogen-bond acceptors (Lipinski definition) is 5. The van der Waals surface area contributed by atoms with Gasteiger partial charge in [-0.2, -0.15) is 0 Å². The Balaban J connectivity index is 1.90. The Labute approximate surface area is 127 Å². The summed E-state index contributed by atoms with van der Waals surface area (Å²) in [6.07, 6.45) is 1.77. The van der Waals surface area contributed by atoms with E-state index in [4.69, 9.17) is 4.74 Å². The van der Waals surface area contributed by atoms with Crippen molar-refractivity contribution in [3.8, 4) is 9.88 Å². The molecule has 19 heavy (non-hydrogen) atoms. The molecule has 0 aromatic carbocycles. The number of aromatic nitrogens is 1. The summed E-state index contributed by atoms with van der Waals surface area (Å²) in [6.45, 7) is 2.27. The first-order valence-corrected chi connectivity index (χ1v) is 8.58. The molecule has 0 aliphatic heterocycles. The Morgan fingerprint density at radius 2 is 2.47 bits per heavy atom. The van der Waals surface area contributed by atoms with E-state index in [-0.39, 0.29) is 11.9 Å². The molecule has 1 unspecified atom stereocenters. The van der Waals surface area contributed by atoms with E-state index < -0.39 is 0 Å². The first-order chi connectivity index (χ1) is 9.19. The van der Waals surface area contributed by atoms with Gasteiger partial charge in [0.15, 0.2) is 0 Å². The summed E-state index contributed by atoms with van der Waals surface area (Å²) < 4.78 is 6.20. The van der Waals surface area contributed by atoms with Crippen LogP contribution in [-0.4, -0.2) is 17.6 Å². The quantitative estimate of drug-likeness (QED) is 0.771. The van der Waals surface area contributed by atoms with Crippen molar-refractivity contribution < 1.29 is 9.53 Å². The Bertz CT molecular complexity index is 620. The van der Waals surface area contributed by atoms with E-state index in [9.17, 15) is 4.79 Å². The first kappa shape index (κ1) is 13.3. The summed E-state index contributed by atoms with van der Waals surface area (Å²) in [5.41, 5.74) is 0.933. The number of thiophene rings is 1. The number of halogens is 1. The number of fused-ring (bicyclic) bond motifs is 1. The van der Waals surface area contributed by atoms with Gasteiger partial charge < -0.3 is 4.74 Å². The van der Waals surface area contributed by atoms with Crippen molar-refractivity contribution in [3.05, 3.63) is 26.5 Å². The summed E-state index contributed by atoms with van der Waals surface area (Å²) in [7, 11) is 0. The standard InChI is InChI=1S/C13H12BrNO2S2/c1-2-17-13(16)8-3-4-9-11(8)15-12(19-9)10-5-7(14)6-18-10/h5-6,8H,2-4H2,1H3. The minimum absolute atomic E-state index is 0.134. The number of nitrogens with zero attached hydrogens (tertiary/aromatic N) is 1. The molecule has 0 saturated carbocycles. The zero-order chi connectivity index (χ0) is 13.4. The van der Waals surface area contributed by atoms with Crippen LogP contribution in [0.4, 0.5) is 0 Å². The molecule has 2 aromatic rings. The third-order valence-corrected chi connectivity index (χ3v) is 6.06. The molecular weight excluding hydrogens is 346 g/mol. The van der Waals surface area contributed by atoms with Crippen molar-refractivity contribution >= 4 is 44.6 Å². The molecule has 1 aliphatic rings. The number of carbonyl (C=O) groups excluding carboxylic acids is 1. The van der Waals surface area contributed by atoms with Gasteiger partial charge in [0.2, 0.25) is 0 Å². The van der Waals surface area contributed by atoms with Crippen LogP contribution in [0.1, 0.15) is 29.8 Å². The predicted octanol–water partition coefficient (Wildman–Crippen LogP) is 4.23. The molecule has 0 spiro atoms. The van der Waals surface area contributed by atoms with Crippen LogP contribution < -0.4 is 0 Å². The molecule has 0 saturated heterocycles. The molecule has 3 nitrogen and oxygen atoms in total. The highest BCUT2D eigenvalue weighted by Crippen LogP contribution is 2.42. The van der Waals surface area contributed by atoms with Crippen LogP contribution in [-0.2, 0) is 16.0 Å². The van der Waals surface area contributed by atoms with Gasteiger partial charge in [-0.05, 0) is 41.8 Å². The van der Waals surface area contributed by atoms with E-state index in [2.05, 4.69) is 27.0 Å². The maximum absolute atomic E-state index is 11.9.